The van der Waals surface area contributed by atoms with Gasteiger partial charge in [-0.25, -0.2) is 0 Å². The summed E-state index contributed by atoms with van der Waals surface area (Å²) in [6.07, 6.45) is 2.57. The Labute approximate surface area is 97.9 Å². The predicted octanol–water partition coefficient (Wildman–Crippen LogP) is 3.77. The molecule has 1 aromatic rings. The Hall–Kier alpha value is -1.31. The molecule has 1 aromatic carbocycles. The van der Waals surface area contributed by atoms with Gasteiger partial charge in [-0.1, -0.05) is 33.3 Å². The molecule has 0 atom stereocenters. The lowest BCUT2D eigenvalue weighted by Crippen LogP contribution is -2.05. The summed E-state index contributed by atoms with van der Waals surface area (Å²) < 4.78 is 0. The van der Waals surface area contributed by atoms with Crippen LogP contribution in [0.3, 0.4) is 0 Å². The first-order valence-electron chi connectivity index (χ1n) is 5.98. The molecule has 0 saturated carbocycles. The average Bonchev–Trinajstić information content (AvgIpc) is 2.26. The number of nitrogens with two attached hydrogens (primary N) is 1. The van der Waals surface area contributed by atoms with Crippen LogP contribution in [-0.2, 0) is 0 Å². The Balaban J connectivity index is 2.93. The van der Waals surface area contributed by atoms with Crippen LogP contribution < -0.4 is 5.73 Å². The highest BCUT2D eigenvalue weighted by Crippen LogP contribution is 2.22. The molecule has 0 amide bonds. The van der Waals surface area contributed by atoms with Crippen LogP contribution >= 0.6 is 0 Å². The molecule has 88 valence electrons. The minimum Gasteiger partial charge on any atom is -0.398 e. The van der Waals surface area contributed by atoms with Crippen LogP contribution in [0.25, 0.3) is 0 Å². The lowest BCUT2D eigenvalue weighted by atomic mass is 9.96. The molecule has 0 unspecified atom stereocenters. The molecule has 0 fully saturated rings. The monoisotopic (exact) mass is 219 g/mol. The molecule has 0 aliphatic rings. The number of hydrogen-bond acceptors (Lipinski definition) is 2. The van der Waals surface area contributed by atoms with Gasteiger partial charge in [0.05, 0.1) is 0 Å². The van der Waals surface area contributed by atoms with Crippen molar-refractivity contribution in [3.05, 3.63) is 29.3 Å². The van der Waals surface area contributed by atoms with Crippen LogP contribution in [0.1, 0.15) is 61.9 Å². The number of unbranched alkanes of at least 4 members (excludes halogenated alkanes) is 1. The number of anilines is 1. The highest BCUT2D eigenvalue weighted by Gasteiger charge is 2.11. The van der Waals surface area contributed by atoms with Gasteiger partial charge in [0.25, 0.3) is 0 Å². The van der Waals surface area contributed by atoms with Gasteiger partial charge in [0.15, 0.2) is 5.78 Å². The van der Waals surface area contributed by atoms with E-state index in [1.807, 2.05) is 18.2 Å². The number of Topliss-reactive ketones (excluding diaryl/α,β-unsaturated/α-hetero) is 1. The van der Waals surface area contributed by atoms with E-state index in [9.17, 15) is 4.79 Å². The molecule has 2 nitrogen and oxygen atoms in total. The third-order valence-electron chi connectivity index (χ3n) is 2.80. The van der Waals surface area contributed by atoms with Gasteiger partial charge >= 0.3 is 0 Å². The van der Waals surface area contributed by atoms with E-state index in [1.54, 1.807) is 0 Å². The number of carbonyl (C=O) groups excluding carboxylic acids is 1. The van der Waals surface area contributed by atoms with Gasteiger partial charge in [-0.3, -0.25) is 4.79 Å². The summed E-state index contributed by atoms with van der Waals surface area (Å²) in [5.41, 5.74) is 8.31. The van der Waals surface area contributed by atoms with Crippen molar-refractivity contribution in [2.45, 2.75) is 46.0 Å². The fourth-order valence-corrected chi connectivity index (χ4v) is 1.65. The molecular formula is C14H21NO. The largest absolute Gasteiger partial charge is 0.398 e. The zero-order valence-electron chi connectivity index (χ0n) is 10.4. The maximum Gasteiger partial charge on any atom is 0.164 e. The molecule has 16 heavy (non-hydrogen) atoms. The number of carbonyl (C=O) groups is 1. The van der Waals surface area contributed by atoms with Gasteiger partial charge in [-0.2, -0.15) is 0 Å². The van der Waals surface area contributed by atoms with Crippen molar-refractivity contribution in [2.75, 3.05) is 5.73 Å². The maximum absolute atomic E-state index is 11.9. The quantitative estimate of drug-likeness (QED) is 0.605. The number of hydrogen-bond donors (Lipinski definition) is 1. The predicted molar refractivity (Wildman–Crippen MR) is 68.8 cm³/mol. The molecule has 0 spiro atoms. The Bertz CT molecular complexity index is 369. The fourth-order valence-electron chi connectivity index (χ4n) is 1.65. The van der Waals surface area contributed by atoms with Crippen LogP contribution in [0, 0.1) is 0 Å². The summed E-state index contributed by atoms with van der Waals surface area (Å²) >= 11 is 0. The molecule has 0 bridgehead atoms. The second-order valence-corrected chi connectivity index (χ2v) is 4.53. The van der Waals surface area contributed by atoms with Crippen LogP contribution in [-0.4, -0.2) is 5.78 Å². The van der Waals surface area contributed by atoms with Crippen molar-refractivity contribution in [3.8, 4) is 0 Å². The Morgan fingerprint density at radius 3 is 2.62 bits per heavy atom. The lowest BCUT2D eigenvalue weighted by molar-refractivity contribution is 0.0980. The molecule has 1 rings (SSSR count). The second kappa shape index (κ2) is 5.69. The van der Waals surface area contributed by atoms with Gasteiger partial charge in [0.2, 0.25) is 0 Å². The van der Waals surface area contributed by atoms with E-state index in [0.717, 1.165) is 12.8 Å². The van der Waals surface area contributed by atoms with E-state index in [-0.39, 0.29) is 5.78 Å². The van der Waals surface area contributed by atoms with Crippen LogP contribution in [0.15, 0.2) is 18.2 Å². The van der Waals surface area contributed by atoms with Gasteiger partial charge in [0, 0.05) is 17.7 Å². The van der Waals surface area contributed by atoms with E-state index in [4.69, 9.17) is 5.73 Å². The van der Waals surface area contributed by atoms with Gasteiger partial charge in [-0.15, -0.1) is 0 Å². The normalized spacial score (nSPS) is 10.8. The molecule has 0 heterocycles. The maximum atomic E-state index is 11.9. The van der Waals surface area contributed by atoms with Crippen molar-refractivity contribution in [1.29, 1.82) is 0 Å². The van der Waals surface area contributed by atoms with Crippen molar-refractivity contribution in [2.24, 2.45) is 0 Å². The third kappa shape index (κ3) is 3.09. The Kier molecular flexibility index (Phi) is 4.53. The minimum atomic E-state index is 0.168. The lowest BCUT2D eigenvalue weighted by Gasteiger charge is -2.10. The summed E-state index contributed by atoms with van der Waals surface area (Å²) in [5, 5.41) is 0. The summed E-state index contributed by atoms with van der Waals surface area (Å²) in [5.74, 6) is 0.597. The van der Waals surface area contributed by atoms with E-state index in [1.165, 1.54) is 5.56 Å². The molecule has 0 radical (unpaired) electrons. The average molecular weight is 219 g/mol. The Morgan fingerprint density at radius 2 is 2.06 bits per heavy atom. The zero-order chi connectivity index (χ0) is 12.1. The van der Waals surface area contributed by atoms with Crippen molar-refractivity contribution in [1.82, 2.24) is 0 Å². The van der Waals surface area contributed by atoms with Crippen LogP contribution in [0.2, 0.25) is 0 Å². The molecule has 0 aliphatic heterocycles. The topological polar surface area (TPSA) is 43.1 Å². The van der Waals surface area contributed by atoms with Crippen molar-refractivity contribution < 1.29 is 4.79 Å². The number of nitrogen functional groups attached to an aromatic ring is 1. The molecule has 2 heteroatoms. The highest BCUT2D eigenvalue weighted by atomic mass is 16.1. The summed E-state index contributed by atoms with van der Waals surface area (Å²) in [4.78, 5) is 11.9. The van der Waals surface area contributed by atoms with Gasteiger partial charge in [0.1, 0.15) is 0 Å². The van der Waals surface area contributed by atoms with E-state index in [0.29, 0.717) is 23.6 Å². The van der Waals surface area contributed by atoms with Crippen LogP contribution in [0.5, 0.6) is 0 Å². The molecule has 2 N–H and O–H groups in total. The van der Waals surface area contributed by atoms with E-state index >= 15 is 0 Å². The smallest absolute Gasteiger partial charge is 0.164 e. The van der Waals surface area contributed by atoms with Crippen LogP contribution in [0.4, 0.5) is 5.69 Å². The molecule has 0 aliphatic carbocycles. The summed E-state index contributed by atoms with van der Waals surface area (Å²) in [6, 6.07) is 5.78. The number of benzene rings is 1. The second-order valence-electron chi connectivity index (χ2n) is 4.53. The fraction of sp³-hybridized carbons (Fsp3) is 0.500. The van der Waals surface area contributed by atoms with E-state index in [2.05, 4.69) is 20.8 Å². The van der Waals surface area contributed by atoms with E-state index < -0.39 is 0 Å². The molecule has 0 aromatic heterocycles. The third-order valence-corrected chi connectivity index (χ3v) is 2.80. The minimum absolute atomic E-state index is 0.168. The number of ketones is 1. The summed E-state index contributed by atoms with van der Waals surface area (Å²) in [6.45, 7) is 6.32. The van der Waals surface area contributed by atoms with Gasteiger partial charge < -0.3 is 5.73 Å². The first kappa shape index (κ1) is 12.8. The Morgan fingerprint density at radius 1 is 1.38 bits per heavy atom. The zero-order valence-corrected chi connectivity index (χ0v) is 10.4. The molecular weight excluding hydrogens is 198 g/mol. The van der Waals surface area contributed by atoms with Crippen molar-refractivity contribution in [3.63, 3.8) is 0 Å². The SMILES string of the molecule is CCCCC(=O)c1cc(C(C)C)ccc1N. The first-order valence-corrected chi connectivity index (χ1v) is 5.98. The standard InChI is InChI=1S/C14H21NO/c1-4-5-6-14(16)12-9-11(10(2)3)7-8-13(12)15/h7-10H,4-6,15H2,1-3H3. The molecule has 0 saturated heterocycles. The summed E-state index contributed by atoms with van der Waals surface area (Å²) in [7, 11) is 0. The van der Waals surface area contributed by atoms with Crippen molar-refractivity contribution >= 4 is 11.5 Å². The van der Waals surface area contributed by atoms with Gasteiger partial charge in [-0.05, 0) is 30.0 Å². The first-order chi connectivity index (χ1) is 7.56. The highest BCUT2D eigenvalue weighted by molar-refractivity contribution is 6.00. The number of rotatable bonds is 5.